The zero-order chi connectivity index (χ0) is 21.7. The summed E-state index contributed by atoms with van der Waals surface area (Å²) in [7, 11) is 1.71. The fourth-order valence-corrected chi connectivity index (χ4v) is 3.49. The lowest BCUT2D eigenvalue weighted by molar-refractivity contribution is -0.140. The largest absolute Gasteiger partial charge is 0.491 e. The molecule has 0 spiro atoms. The van der Waals surface area contributed by atoms with Gasteiger partial charge in [0.15, 0.2) is 0 Å². The van der Waals surface area contributed by atoms with E-state index < -0.39 is 11.7 Å². The molecule has 0 saturated heterocycles. The highest BCUT2D eigenvalue weighted by atomic mass is 32.2. The van der Waals surface area contributed by atoms with Crippen molar-refractivity contribution >= 4 is 23.4 Å². The van der Waals surface area contributed by atoms with Crippen LogP contribution in [0.15, 0.2) is 70.7 Å². The first-order valence-corrected chi connectivity index (χ1v) is 10.3. The highest BCUT2D eigenvalue weighted by molar-refractivity contribution is 7.99. The van der Waals surface area contributed by atoms with E-state index in [9.17, 15) is 13.2 Å². The summed E-state index contributed by atoms with van der Waals surface area (Å²) in [6, 6.07) is 16.1. The van der Waals surface area contributed by atoms with Gasteiger partial charge in [0.1, 0.15) is 16.3 Å². The molecule has 0 N–H and O–H groups in total. The molecule has 4 nitrogen and oxygen atoms in total. The van der Waals surface area contributed by atoms with Crippen LogP contribution in [0, 0.1) is 0 Å². The van der Waals surface area contributed by atoms with E-state index in [1.54, 1.807) is 36.2 Å². The first-order valence-electron chi connectivity index (χ1n) is 9.45. The zero-order valence-electron chi connectivity index (χ0n) is 16.8. The van der Waals surface area contributed by atoms with Gasteiger partial charge in [0.2, 0.25) is 5.95 Å². The lowest BCUT2D eigenvalue weighted by atomic mass is 10.2. The number of benzene rings is 2. The molecular formula is C22H22F3N3OS. The van der Waals surface area contributed by atoms with Gasteiger partial charge in [0, 0.05) is 23.8 Å². The predicted octanol–water partition coefficient (Wildman–Crippen LogP) is 6.59. The summed E-state index contributed by atoms with van der Waals surface area (Å²) in [6.45, 7) is 4.03. The van der Waals surface area contributed by atoms with Crippen LogP contribution in [-0.2, 0) is 6.18 Å². The molecule has 0 radical (unpaired) electrons. The van der Waals surface area contributed by atoms with Crippen molar-refractivity contribution in [2.24, 2.45) is 0 Å². The molecule has 1 atom stereocenters. The van der Waals surface area contributed by atoms with Crippen LogP contribution >= 0.6 is 11.8 Å². The number of anilines is 2. The van der Waals surface area contributed by atoms with Crippen LogP contribution in [-0.4, -0.2) is 23.1 Å². The van der Waals surface area contributed by atoms with E-state index in [1.165, 1.54) is 0 Å². The summed E-state index contributed by atoms with van der Waals surface area (Å²) < 4.78 is 46.2. The van der Waals surface area contributed by atoms with Crippen molar-refractivity contribution in [2.75, 3.05) is 11.9 Å². The lowest BCUT2D eigenvalue weighted by Crippen LogP contribution is -2.16. The highest BCUT2D eigenvalue weighted by Gasteiger charge is 2.35. The van der Waals surface area contributed by atoms with Gasteiger partial charge < -0.3 is 9.64 Å². The SMILES string of the molecule is CCC(C)Oc1ccc(N(C)c2ncc(C(F)(F)F)c(Sc3ccccc3)n2)cc1. The van der Waals surface area contributed by atoms with Gasteiger partial charge in [-0.05, 0) is 49.7 Å². The molecule has 0 aliphatic rings. The van der Waals surface area contributed by atoms with E-state index in [0.29, 0.717) is 4.90 Å². The molecule has 0 saturated carbocycles. The molecule has 30 heavy (non-hydrogen) atoms. The topological polar surface area (TPSA) is 38.2 Å². The van der Waals surface area contributed by atoms with E-state index in [-0.39, 0.29) is 17.1 Å². The number of alkyl halides is 3. The monoisotopic (exact) mass is 433 g/mol. The van der Waals surface area contributed by atoms with Crippen molar-refractivity contribution in [1.82, 2.24) is 9.97 Å². The van der Waals surface area contributed by atoms with E-state index in [1.807, 2.05) is 44.2 Å². The van der Waals surface area contributed by atoms with Crippen molar-refractivity contribution < 1.29 is 17.9 Å². The highest BCUT2D eigenvalue weighted by Crippen LogP contribution is 2.39. The van der Waals surface area contributed by atoms with Gasteiger partial charge in [-0.3, -0.25) is 0 Å². The van der Waals surface area contributed by atoms with E-state index in [2.05, 4.69) is 9.97 Å². The number of halogens is 3. The summed E-state index contributed by atoms with van der Waals surface area (Å²) in [5, 5.41) is -0.137. The molecule has 3 aromatic rings. The molecule has 3 rings (SSSR count). The minimum Gasteiger partial charge on any atom is -0.491 e. The Morgan fingerprint density at radius 1 is 1.07 bits per heavy atom. The average Bonchev–Trinajstić information content (AvgIpc) is 2.73. The fraction of sp³-hybridized carbons (Fsp3) is 0.273. The molecule has 0 aliphatic carbocycles. The van der Waals surface area contributed by atoms with E-state index in [0.717, 1.165) is 35.8 Å². The van der Waals surface area contributed by atoms with Crippen molar-refractivity contribution in [3.63, 3.8) is 0 Å². The number of aromatic nitrogens is 2. The Hall–Kier alpha value is -2.74. The normalized spacial score (nSPS) is 12.5. The second-order valence-electron chi connectivity index (χ2n) is 6.69. The summed E-state index contributed by atoms with van der Waals surface area (Å²) in [5.41, 5.74) is -0.118. The van der Waals surface area contributed by atoms with Crippen molar-refractivity contribution in [3.05, 3.63) is 66.4 Å². The Kier molecular flexibility index (Phi) is 6.87. The van der Waals surface area contributed by atoms with Crippen molar-refractivity contribution in [1.29, 1.82) is 0 Å². The quantitative estimate of drug-likeness (QED) is 0.393. The van der Waals surface area contributed by atoms with Crippen LogP contribution in [0.25, 0.3) is 0 Å². The van der Waals surface area contributed by atoms with Gasteiger partial charge in [0.05, 0.1) is 6.10 Å². The van der Waals surface area contributed by atoms with Gasteiger partial charge >= 0.3 is 6.18 Å². The molecule has 0 amide bonds. The molecule has 8 heteroatoms. The average molecular weight is 433 g/mol. The third-order valence-corrected chi connectivity index (χ3v) is 5.45. The van der Waals surface area contributed by atoms with Crippen molar-refractivity contribution in [3.8, 4) is 5.75 Å². The van der Waals surface area contributed by atoms with Gasteiger partial charge in [-0.15, -0.1) is 0 Å². The predicted molar refractivity (Wildman–Crippen MR) is 112 cm³/mol. The van der Waals surface area contributed by atoms with Gasteiger partial charge in [-0.2, -0.15) is 13.2 Å². The van der Waals surface area contributed by atoms with Crippen LogP contribution in [0.5, 0.6) is 5.75 Å². The third kappa shape index (κ3) is 5.44. The first kappa shape index (κ1) is 22.0. The molecular weight excluding hydrogens is 411 g/mol. The summed E-state index contributed by atoms with van der Waals surface area (Å²) in [6.07, 6.45) is -2.71. The van der Waals surface area contributed by atoms with E-state index >= 15 is 0 Å². The Bertz CT molecular complexity index is 966. The number of ether oxygens (including phenoxy) is 1. The number of nitrogens with zero attached hydrogens (tertiary/aromatic N) is 3. The molecule has 1 unspecified atom stereocenters. The number of hydrogen-bond acceptors (Lipinski definition) is 5. The van der Waals surface area contributed by atoms with Crippen molar-refractivity contribution in [2.45, 2.75) is 42.5 Å². The minimum absolute atomic E-state index is 0.101. The van der Waals surface area contributed by atoms with Gasteiger partial charge in [-0.1, -0.05) is 36.9 Å². The van der Waals surface area contributed by atoms with E-state index in [4.69, 9.17) is 4.74 Å². The minimum atomic E-state index is -4.54. The first-order chi connectivity index (χ1) is 14.3. The Labute approximate surface area is 178 Å². The maximum absolute atomic E-state index is 13.5. The smallest absolute Gasteiger partial charge is 0.420 e. The van der Waals surface area contributed by atoms with Gasteiger partial charge in [0.25, 0.3) is 0 Å². The summed E-state index contributed by atoms with van der Waals surface area (Å²) >= 11 is 0.962. The zero-order valence-corrected chi connectivity index (χ0v) is 17.7. The summed E-state index contributed by atoms with van der Waals surface area (Å²) in [4.78, 5) is 10.5. The van der Waals surface area contributed by atoms with Gasteiger partial charge in [-0.25, -0.2) is 9.97 Å². The third-order valence-electron chi connectivity index (χ3n) is 4.44. The standard InChI is InChI=1S/C22H22F3N3OS/c1-4-15(2)29-17-12-10-16(11-13-17)28(3)21-26-14-19(22(23,24)25)20(27-21)30-18-8-6-5-7-9-18/h5-15H,4H2,1-3H3. The second kappa shape index (κ2) is 9.38. The molecule has 1 heterocycles. The molecule has 0 fully saturated rings. The van der Waals surface area contributed by atoms with Crippen LogP contribution in [0.3, 0.4) is 0 Å². The number of rotatable bonds is 7. The number of hydrogen-bond donors (Lipinski definition) is 0. The van der Waals surface area contributed by atoms with Crippen LogP contribution in [0.4, 0.5) is 24.8 Å². The maximum Gasteiger partial charge on any atom is 0.420 e. The summed E-state index contributed by atoms with van der Waals surface area (Å²) in [5.74, 6) is 0.909. The molecule has 1 aromatic heterocycles. The molecule has 0 bridgehead atoms. The maximum atomic E-state index is 13.5. The van der Waals surface area contributed by atoms with Crippen LogP contribution < -0.4 is 9.64 Å². The molecule has 158 valence electrons. The fourth-order valence-electron chi connectivity index (χ4n) is 2.57. The Morgan fingerprint density at radius 2 is 1.73 bits per heavy atom. The van der Waals surface area contributed by atoms with Crippen LogP contribution in [0.1, 0.15) is 25.8 Å². The lowest BCUT2D eigenvalue weighted by Gasteiger charge is -2.20. The molecule has 0 aliphatic heterocycles. The molecule has 2 aromatic carbocycles. The van der Waals surface area contributed by atoms with Crippen LogP contribution in [0.2, 0.25) is 0 Å². The second-order valence-corrected chi connectivity index (χ2v) is 7.75. The Balaban J connectivity index is 1.89. The Morgan fingerprint density at radius 3 is 2.33 bits per heavy atom.